The lowest BCUT2D eigenvalue weighted by Crippen LogP contribution is -2.36. The Balaban J connectivity index is 1.93. The van der Waals surface area contributed by atoms with Crippen molar-refractivity contribution in [1.29, 1.82) is 5.26 Å². The summed E-state index contributed by atoms with van der Waals surface area (Å²) in [5.41, 5.74) is 3.89. The summed E-state index contributed by atoms with van der Waals surface area (Å²) in [6, 6.07) is 45.6. The molecule has 0 spiro atoms. The van der Waals surface area contributed by atoms with Crippen LogP contribution in [0.15, 0.2) is 144 Å². The molecule has 1 aromatic heterocycles. The fourth-order valence-electron chi connectivity index (χ4n) is 4.44. The number of thiophene rings is 1. The van der Waals surface area contributed by atoms with E-state index in [2.05, 4.69) is 16.6 Å². The van der Waals surface area contributed by atoms with Gasteiger partial charge in [-0.15, -0.1) is 11.3 Å². The highest BCUT2D eigenvalue weighted by Crippen LogP contribution is 2.46. The molecule has 0 unspecified atom stereocenters. The van der Waals surface area contributed by atoms with Gasteiger partial charge in [0.15, 0.2) is 5.71 Å². The lowest BCUT2D eigenvalue weighted by atomic mass is 10.1. The summed E-state index contributed by atoms with van der Waals surface area (Å²) in [6.45, 7) is -2.83. The van der Waals surface area contributed by atoms with Gasteiger partial charge in [0.05, 0.1) is 15.9 Å². The fraction of sp³-hybridized carbons (Fsp3) is 0. The summed E-state index contributed by atoms with van der Waals surface area (Å²) in [4.78, 5) is 14.6. The molecular weight excluding hydrogens is 505 g/mol. The van der Waals surface area contributed by atoms with Crippen LogP contribution in [0.5, 0.6) is 0 Å². The molecule has 0 atom stereocenters. The lowest BCUT2D eigenvalue weighted by molar-refractivity contribution is 0.107. The number of hydrazone groups is 1. The average Bonchev–Trinajstić information content (AvgIpc) is 3.54. The van der Waals surface area contributed by atoms with Crippen molar-refractivity contribution in [3.63, 3.8) is 0 Å². The lowest BCUT2D eigenvalue weighted by Gasteiger charge is -2.30. The van der Waals surface area contributed by atoms with Crippen LogP contribution in [-0.2, 0) is 0 Å². The van der Waals surface area contributed by atoms with E-state index in [1.165, 1.54) is 11.3 Å². The van der Waals surface area contributed by atoms with E-state index in [1.807, 2.05) is 133 Å². The maximum Gasteiger partial charge on any atom is 0.224 e. The summed E-state index contributed by atoms with van der Waals surface area (Å²) in [5, 5.41) is 20.7. The number of Topliss-reactive ketones (excluding diaryl/α,β-unsaturated/α-hetero) is 1. The Bertz CT molecular complexity index is 1540. The number of hydrogen-bond donors (Lipinski definition) is 1. The molecule has 38 heavy (non-hydrogen) atoms. The normalized spacial score (nSPS) is 11.4. The van der Waals surface area contributed by atoms with E-state index in [0.717, 1.165) is 21.6 Å². The van der Waals surface area contributed by atoms with Crippen LogP contribution in [0.25, 0.3) is 0 Å². The Morgan fingerprint density at radius 3 is 1.58 bits per heavy atom. The molecular formula is C32H24N3OPS. The van der Waals surface area contributed by atoms with Gasteiger partial charge in [-0.2, -0.15) is 10.4 Å². The number of carbonyl (C=O) groups excluding carboxylic acids is 1. The van der Waals surface area contributed by atoms with Crippen LogP contribution in [0.1, 0.15) is 9.67 Å². The minimum absolute atomic E-state index is 0.115. The van der Waals surface area contributed by atoms with Crippen molar-refractivity contribution >= 4 is 56.6 Å². The molecule has 0 aliphatic carbocycles. The number of anilines is 1. The minimum Gasteiger partial charge on any atom is -0.286 e. The van der Waals surface area contributed by atoms with Crippen molar-refractivity contribution in [2.75, 3.05) is 5.43 Å². The number of carbonyl (C=O) groups is 1. The van der Waals surface area contributed by atoms with E-state index in [9.17, 15) is 10.1 Å². The molecule has 0 radical (unpaired) electrons. The molecule has 5 rings (SSSR count). The van der Waals surface area contributed by atoms with E-state index in [0.29, 0.717) is 10.2 Å². The van der Waals surface area contributed by atoms with Crippen molar-refractivity contribution in [3.05, 3.63) is 144 Å². The van der Waals surface area contributed by atoms with Gasteiger partial charge < -0.3 is 0 Å². The van der Waals surface area contributed by atoms with Crippen molar-refractivity contribution in [2.45, 2.75) is 0 Å². The van der Waals surface area contributed by atoms with Crippen LogP contribution in [0.2, 0.25) is 0 Å². The molecule has 5 aromatic rings. The number of ketones is 1. The number of benzene rings is 4. The van der Waals surface area contributed by atoms with Crippen molar-refractivity contribution in [1.82, 2.24) is 0 Å². The summed E-state index contributed by atoms with van der Waals surface area (Å²) in [7, 11) is 0. The topological polar surface area (TPSA) is 65.2 Å². The Hall–Kier alpha value is -4.49. The number of hydrogen-bond acceptors (Lipinski definition) is 5. The van der Waals surface area contributed by atoms with E-state index in [1.54, 1.807) is 6.07 Å². The second-order valence-electron chi connectivity index (χ2n) is 8.38. The molecule has 1 heterocycles. The quantitative estimate of drug-likeness (QED) is 0.115. The first-order valence-electron chi connectivity index (χ1n) is 12.1. The molecule has 184 valence electrons. The van der Waals surface area contributed by atoms with Gasteiger partial charge in [-0.3, -0.25) is 10.2 Å². The second-order valence-corrected chi connectivity index (χ2v) is 12.7. The molecule has 0 aliphatic heterocycles. The molecule has 0 amide bonds. The van der Waals surface area contributed by atoms with Crippen molar-refractivity contribution in [3.8, 4) is 6.07 Å². The Morgan fingerprint density at radius 1 is 0.684 bits per heavy atom. The highest BCUT2D eigenvalue weighted by atomic mass is 32.1. The van der Waals surface area contributed by atoms with Gasteiger partial charge in [0, 0.05) is 0 Å². The smallest absolute Gasteiger partial charge is 0.224 e. The largest absolute Gasteiger partial charge is 0.286 e. The molecule has 0 saturated heterocycles. The van der Waals surface area contributed by atoms with Crippen molar-refractivity contribution < 1.29 is 4.79 Å². The van der Waals surface area contributed by atoms with Crippen LogP contribution in [-0.4, -0.2) is 16.8 Å². The number of nitriles is 1. The Morgan fingerprint density at radius 2 is 1.16 bits per heavy atom. The van der Waals surface area contributed by atoms with Crippen LogP contribution in [0.3, 0.4) is 0 Å². The Labute approximate surface area is 226 Å². The average molecular weight is 530 g/mol. The van der Waals surface area contributed by atoms with Gasteiger partial charge in [-0.05, 0) is 46.4 Å². The maximum absolute atomic E-state index is 14.1. The molecule has 0 fully saturated rings. The number of nitrogens with one attached hydrogen (secondary N) is 1. The number of rotatable bonds is 8. The van der Waals surface area contributed by atoms with Crippen LogP contribution < -0.4 is 21.3 Å². The zero-order valence-electron chi connectivity index (χ0n) is 20.4. The predicted molar refractivity (Wildman–Crippen MR) is 162 cm³/mol. The van der Waals surface area contributed by atoms with E-state index in [-0.39, 0.29) is 11.5 Å². The third kappa shape index (κ3) is 4.88. The molecule has 4 nitrogen and oxygen atoms in total. The van der Waals surface area contributed by atoms with Gasteiger partial charge in [0.1, 0.15) is 6.07 Å². The van der Waals surface area contributed by atoms with E-state index < -0.39 is 6.89 Å². The third-order valence-electron chi connectivity index (χ3n) is 6.13. The summed E-state index contributed by atoms with van der Waals surface area (Å²) in [5.74, 6) is -0.285. The van der Waals surface area contributed by atoms with E-state index in [4.69, 9.17) is 0 Å². The molecule has 0 saturated carbocycles. The van der Waals surface area contributed by atoms with Gasteiger partial charge >= 0.3 is 0 Å². The zero-order valence-corrected chi connectivity index (χ0v) is 22.1. The van der Waals surface area contributed by atoms with Gasteiger partial charge in [-0.1, -0.05) is 115 Å². The van der Waals surface area contributed by atoms with Gasteiger partial charge in [0.2, 0.25) is 5.78 Å². The number of nitrogens with zero attached hydrogens (tertiary/aromatic N) is 2. The first-order valence-corrected chi connectivity index (χ1v) is 14.7. The molecule has 0 aliphatic rings. The van der Waals surface area contributed by atoms with Gasteiger partial charge in [0.25, 0.3) is 0 Å². The molecule has 4 aromatic carbocycles. The van der Waals surface area contributed by atoms with Crippen LogP contribution >= 0.6 is 18.2 Å². The summed E-state index contributed by atoms with van der Waals surface area (Å²) in [6.07, 6.45) is 0. The molecule has 6 heteroatoms. The molecule has 0 bridgehead atoms. The van der Waals surface area contributed by atoms with Crippen LogP contribution in [0, 0.1) is 11.3 Å². The fourth-order valence-corrected chi connectivity index (χ4v) is 9.26. The minimum atomic E-state index is -2.83. The molecule has 1 N–H and O–H groups in total. The second kappa shape index (κ2) is 11.7. The Kier molecular flexibility index (Phi) is 7.75. The highest BCUT2D eigenvalue weighted by molar-refractivity contribution is 7.97. The van der Waals surface area contributed by atoms with Crippen molar-refractivity contribution in [2.24, 2.45) is 5.10 Å². The summed E-state index contributed by atoms with van der Waals surface area (Å²) >= 11 is 1.34. The zero-order chi connectivity index (χ0) is 26.2. The van der Waals surface area contributed by atoms with E-state index >= 15 is 0 Å². The highest BCUT2D eigenvalue weighted by Gasteiger charge is 2.35. The predicted octanol–water partition coefficient (Wildman–Crippen LogP) is 6.09. The monoisotopic (exact) mass is 529 g/mol. The first kappa shape index (κ1) is 25.2. The SMILES string of the molecule is N#CC(/C(=N/Nc1ccccc1)C(=O)c1cccs1)=P(c1ccccc1)(c1ccccc1)c1ccccc1. The maximum atomic E-state index is 14.1. The summed E-state index contributed by atoms with van der Waals surface area (Å²) < 4.78 is 0. The standard InChI is InChI=1S/C32H24N3OPS/c33-24-29(31(32(36)30-22-13-23-38-30)35-34-25-14-5-1-6-15-25)37(26-16-7-2-8-17-26,27-18-9-3-10-19-27)28-20-11-4-12-21-28/h1-23,34H/b35-31-. The van der Waals surface area contributed by atoms with Crippen LogP contribution in [0.4, 0.5) is 5.69 Å². The van der Waals surface area contributed by atoms with Gasteiger partial charge in [-0.25, -0.2) is 0 Å². The third-order valence-corrected chi connectivity index (χ3v) is 11.2. The number of para-hydroxylation sites is 1. The first-order chi connectivity index (χ1) is 18.7.